The number of aromatic nitrogens is 2. The Morgan fingerprint density at radius 3 is 2.59 bits per heavy atom. The molecule has 8 heteroatoms. The van der Waals surface area contributed by atoms with Gasteiger partial charge in [0, 0.05) is 38.7 Å². The molecule has 1 aromatic heterocycles. The smallest absolute Gasteiger partial charge is 0.243 e. The molecule has 118 valence electrons. The van der Waals surface area contributed by atoms with Crippen LogP contribution in [0.3, 0.4) is 0 Å². The summed E-state index contributed by atoms with van der Waals surface area (Å²) in [6.07, 6.45) is 0. The second-order valence-electron chi connectivity index (χ2n) is 5.27. The van der Waals surface area contributed by atoms with Gasteiger partial charge in [0.25, 0.3) is 0 Å². The Labute approximate surface area is 129 Å². The molecule has 1 aliphatic heterocycles. The van der Waals surface area contributed by atoms with Crippen molar-refractivity contribution in [1.82, 2.24) is 19.8 Å². The van der Waals surface area contributed by atoms with Crippen LogP contribution in [-0.4, -0.2) is 49.0 Å². The number of hydrogen-bond donors (Lipinski definition) is 1. The summed E-state index contributed by atoms with van der Waals surface area (Å²) >= 11 is 0. The Bertz CT molecular complexity index is 779. The van der Waals surface area contributed by atoms with Crippen molar-refractivity contribution in [3.05, 3.63) is 29.7 Å². The van der Waals surface area contributed by atoms with Crippen LogP contribution >= 0.6 is 0 Å². The number of rotatable bonds is 3. The van der Waals surface area contributed by atoms with Gasteiger partial charge in [-0.3, -0.25) is 0 Å². The van der Waals surface area contributed by atoms with Crippen molar-refractivity contribution < 1.29 is 12.9 Å². The van der Waals surface area contributed by atoms with Gasteiger partial charge in [0.05, 0.1) is 4.90 Å². The van der Waals surface area contributed by atoms with Gasteiger partial charge in [0.15, 0.2) is 0 Å². The van der Waals surface area contributed by atoms with Gasteiger partial charge >= 0.3 is 0 Å². The standard InChI is InChI=1S/C14H18N4O3S/c1-10-3-4-12(14-16-11(2)21-17-14)9-13(10)22(19,20)18-7-5-15-6-8-18/h3-4,9,15H,5-8H2,1-2H3. The Morgan fingerprint density at radius 2 is 1.95 bits per heavy atom. The predicted molar refractivity (Wildman–Crippen MR) is 80.8 cm³/mol. The minimum Gasteiger partial charge on any atom is -0.339 e. The minimum absolute atomic E-state index is 0.300. The second kappa shape index (κ2) is 5.79. The summed E-state index contributed by atoms with van der Waals surface area (Å²) in [7, 11) is -3.51. The molecule has 2 aromatic rings. The molecule has 0 aliphatic carbocycles. The van der Waals surface area contributed by atoms with Crippen LogP contribution in [-0.2, 0) is 10.0 Å². The number of sulfonamides is 1. The Balaban J connectivity index is 2.02. The van der Waals surface area contributed by atoms with Crippen molar-refractivity contribution in [3.63, 3.8) is 0 Å². The molecule has 0 bridgehead atoms. The first kappa shape index (κ1) is 15.1. The maximum Gasteiger partial charge on any atom is 0.243 e. The SMILES string of the molecule is Cc1nc(-c2ccc(C)c(S(=O)(=O)N3CCNCC3)c2)no1. The molecular weight excluding hydrogens is 304 g/mol. The van der Waals surface area contributed by atoms with Crippen LogP contribution < -0.4 is 5.32 Å². The Hall–Kier alpha value is -1.77. The van der Waals surface area contributed by atoms with Crippen LogP contribution in [0.15, 0.2) is 27.6 Å². The van der Waals surface area contributed by atoms with Crippen molar-refractivity contribution in [2.75, 3.05) is 26.2 Å². The third kappa shape index (κ3) is 2.77. The van der Waals surface area contributed by atoms with Gasteiger partial charge in [0.1, 0.15) is 0 Å². The fourth-order valence-electron chi connectivity index (χ4n) is 2.46. The zero-order chi connectivity index (χ0) is 15.7. The predicted octanol–water partition coefficient (Wildman–Crippen LogP) is 0.947. The highest BCUT2D eigenvalue weighted by molar-refractivity contribution is 7.89. The molecule has 1 aromatic carbocycles. The number of nitrogens with one attached hydrogen (secondary N) is 1. The average molecular weight is 322 g/mol. The van der Waals surface area contributed by atoms with Crippen molar-refractivity contribution in [3.8, 4) is 11.4 Å². The van der Waals surface area contributed by atoms with Gasteiger partial charge < -0.3 is 9.84 Å². The highest BCUT2D eigenvalue weighted by Gasteiger charge is 2.27. The van der Waals surface area contributed by atoms with E-state index in [0.717, 1.165) is 0 Å². The third-order valence-electron chi connectivity index (χ3n) is 3.67. The number of nitrogens with zero attached hydrogens (tertiary/aromatic N) is 3. The van der Waals surface area contributed by atoms with E-state index >= 15 is 0 Å². The summed E-state index contributed by atoms with van der Waals surface area (Å²) in [4.78, 5) is 4.45. The highest BCUT2D eigenvalue weighted by Crippen LogP contribution is 2.26. The minimum atomic E-state index is -3.51. The molecule has 1 saturated heterocycles. The van der Waals surface area contributed by atoms with Gasteiger partial charge in [-0.25, -0.2) is 8.42 Å². The zero-order valence-corrected chi connectivity index (χ0v) is 13.4. The van der Waals surface area contributed by atoms with Crippen molar-refractivity contribution in [2.24, 2.45) is 0 Å². The first-order valence-corrected chi connectivity index (χ1v) is 8.55. The topological polar surface area (TPSA) is 88.3 Å². The molecule has 0 radical (unpaired) electrons. The fraction of sp³-hybridized carbons (Fsp3) is 0.429. The monoisotopic (exact) mass is 322 g/mol. The summed E-state index contributed by atoms with van der Waals surface area (Å²) in [6, 6.07) is 5.20. The van der Waals surface area contributed by atoms with E-state index in [1.54, 1.807) is 32.0 Å². The second-order valence-corrected chi connectivity index (χ2v) is 7.18. The molecule has 0 saturated carbocycles. The molecule has 0 atom stereocenters. The van der Waals surface area contributed by atoms with Crippen LogP contribution in [0.2, 0.25) is 0 Å². The zero-order valence-electron chi connectivity index (χ0n) is 12.5. The summed E-state index contributed by atoms with van der Waals surface area (Å²) in [6.45, 7) is 5.79. The van der Waals surface area contributed by atoms with E-state index in [0.29, 0.717) is 53.9 Å². The molecule has 1 fully saturated rings. The quantitative estimate of drug-likeness (QED) is 0.905. The first-order chi connectivity index (χ1) is 10.5. The van der Waals surface area contributed by atoms with E-state index in [-0.39, 0.29) is 0 Å². The molecule has 3 rings (SSSR count). The number of benzene rings is 1. The Morgan fingerprint density at radius 1 is 1.23 bits per heavy atom. The van der Waals surface area contributed by atoms with Crippen LogP contribution in [0, 0.1) is 13.8 Å². The molecule has 22 heavy (non-hydrogen) atoms. The largest absolute Gasteiger partial charge is 0.339 e. The van der Waals surface area contributed by atoms with Crippen LogP contribution in [0.1, 0.15) is 11.5 Å². The van der Waals surface area contributed by atoms with Gasteiger partial charge in [-0.15, -0.1) is 0 Å². The van der Waals surface area contributed by atoms with E-state index in [2.05, 4.69) is 15.5 Å². The van der Waals surface area contributed by atoms with Gasteiger partial charge in [-0.1, -0.05) is 17.3 Å². The lowest BCUT2D eigenvalue weighted by Crippen LogP contribution is -2.46. The highest BCUT2D eigenvalue weighted by atomic mass is 32.2. The Kier molecular flexibility index (Phi) is 3.98. The maximum absolute atomic E-state index is 12.8. The van der Waals surface area contributed by atoms with Crippen molar-refractivity contribution >= 4 is 10.0 Å². The summed E-state index contributed by atoms with van der Waals surface area (Å²) in [5.74, 6) is 0.844. The lowest BCUT2D eigenvalue weighted by Gasteiger charge is -2.27. The van der Waals surface area contributed by atoms with Crippen LogP contribution in [0.5, 0.6) is 0 Å². The lowest BCUT2D eigenvalue weighted by molar-refractivity contribution is 0.360. The molecule has 0 spiro atoms. The molecule has 0 amide bonds. The summed E-state index contributed by atoms with van der Waals surface area (Å²) in [5, 5.41) is 7.00. The molecule has 1 aliphatic rings. The van der Waals surface area contributed by atoms with Gasteiger partial charge in [-0.2, -0.15) is 9.29 Å². The van der Waals surface area contributed by atoms with E-state index in [4.69, 9.17) is 4.52 Å². The number of piperazine rings is 1. The van der Waals surface area contributed by atoms with Crippen molar-refractivity contribution in [1.29, 1.82) is 0 Å². The molecular formula is C14H18N4O3S. The molecule has 1 N–H and O–H groups in total. The number of hydrogen-bond acceptors (Lipinski definition) is 6. The fourth-order valence-corrected chi connectivity index (χ4v) is 4.15. The van der Waals surface area contributed by atoms with E-state index in [1.165, 1.54) is 4.31 Å². The third-order valence-corrected chi connectivity index (χ3v) is 5.71. The van der Waals surface area contributed by atoms with E-state index < -0.39 is 10.0 Å². The van der Waals surface area contributed by atoms with E-state index in [1.807, 2.05) is 0 Å². The van der Waals surface area contributed by atoms with E-state index in [9.17, 15) is 8.42 Å². The summed E-state index contributed by atoms with van der Waals surface area (Å²) < 4.78 is 32.1. The first-order valence-electron chi connectivity index (χ1n) is 7.11. The van der Waals surface area contributed by atoms with Gasteiger partial charge in [0.2, 0.25) is 21.7 Å². The lowest BCUT2D eigenvalue weighted by atomic mass is 10.1. The maximum atomic E-state index is 12.8. The normalized spacial score (nSPS) is 16.8. The van der Waals surface area contributed by atoms with Crippen LogP contribution in [0.4, 0.5) is 0 Å². The number of aryl methyl sites for hydroxylation is 2. The average Bonchev–Trinajstić information content (AvgIpc) is 2.95. The van der Waals surface area contributed by atoms with Crippen molar-refractivity contribution in [2.45, 2.75) is 18.7 Å². The molecule has 2 heterocycles. The molecule has 7 nitrogen and oxygen atoms in total. The van der Waals surface area contributed by atoms with Crippen LogP contribution in [0.25, 0.3) is 11.4 Å². The van der Waals surface area contributed by atoms with Gasteiger partial charge in [-0.05, 0) is 18.6 Å². The summed E-state index contributed by atoms with van der Waals surface area (Å²) in [5.41, 5.74) is 1.35. The molecule has 0 unspecified atom stereocenters.